The fourth-order valence-corrected chi connectivity index (χ4v) is 2.80. The van der Waals surface area contributed by atoms with Crippen LogP contribution < -0.4 is 5.73 Å². The highest BCUT2D eigenvalue weighted by molar-refractivity contribution is 6.01. The van der Waals surface area contributed by atoms with Crippen LogP contribution in [0.4, 0.5) is 5.69 Å². The molecule has 5 nitrogen and oxygen atoms in total. The molecular weight excluding hydrogens is 274 g/mol. The molecule has 4 rings (SSSR count). The van der Waals surface area contributed by atoms with E-state index in [1.165, 1.54) is 5.56 Å². The van der Waals surface area contributed by atoms with Gasteiger partial charge < -0.3 is 10.3 Å². The second-order valence-electron chi connectivity index (χ2n) is 5.31. The molecule has 0 aliphatic heterocycles. The van der Waals surface area contributed by atoms with Crippen LogP contribution in [0.5, 0.6) is 0 Å². The van der Waals surface area contributed by atoms with Crippen molar-refractivity contribution in [3.63, 3.8) is 0 Å². The molecule has 0 saturated heterocycles. The zero-order chi connectivity index (χ0) is 15.1. The van der Waals surface area contributed by atoms with Gasteiger partial charge in [-0.05, 0) is 24.6 Å². The maximum Gasteiger partial charge on any atom is 0.180 e. The third-order valence-electron chi connectivity index (χ3n) is 4.00. The largest absolute Gasteiger partial charge is 0.395 e. The van der Waals surface area contributed by atoms with E-state index in [-0.39, 0.29) is 6.04 Å². The van der Waals surface area contributed by atoms with Crippen LogP contribution in [0.3, 0.4) is 0 Å². The Morgan fingerprint density at radius 2 is 1.86 bits per heavy atom. The molecule has 5 heteroatoms. The summed E-state index contributed by atoms with van der Waals surface area (Å²) in [6, 6.07) is 14.1. The lowest BCUT2D eigenvalue weighted by molar-refractivity contribution is 0.658. The average molecular weight is 289 g/mol. The molecule has 108 valence electrons. The van der Waals surface area contributed by atoms with Crippen LogP contribution in [-0.4, -0.2) is 19.5 Å². The molecule has 0 saturated carbocycles. The van der Waals surface area contributed by atoms with E-state index in [9.17, 15) is 0 Å². The summed E-state index contributed by atoms with van der Waals surface area (Å²) in [5, 5.41) is 0. The maximum atomic E-state index is 6.35. The van der Waals surface area contributed by atoms with Gasteiger partial charge >= 0.3 is 0 Å². The molecule has 0 aliphatic carbocycles. The molecule has 0 aliphatic rings. The van der Waals surface area contributed by atoms with Gasteiger partial charge in [0.25, 0.3) is 0 Å². The van der Waals surface area contributed by atoms with Crippen molar-refractivity contribution in [2.45, 2.75) is 13.0 Å². The zero-order valence-electron chi connectivity index (χ0n) is 12.1. The fourth-order valence-electron chi connectivity index (χ4n) is 2.80. The Morgan fingerprint density at radius 3 is 2.68 bits per heavy atom. The highest BCUT2D eigenvalue weighted by Crippen LogP contribution is 2.30. The Kier molecular flexibility index (Phi) is 2.79. The van der Waals surface area contributed by atoms with Crippen LogP contribution >= 0.6 is 0 Å². The number of hydrogen-bond acceptors (Lipinski definition) is 4. The third-order valence-corrected chi connectivity index (χ3v) is 4.00. The number of nitrogen functional groups attached to an aromatic ring is 1. The molecule has 2 N–H and O–H groups in total. The summed E-state index contributed by atoms with van der Waals surface area (Å²) < 4.78 is 2.06. The van der Waals surface area contributed by atoms with Crippen LogP contribution in [-0.2, 0) is 0 Å². The minimum absolute atomic E-state index is 0.122. The van der Waals surface area contributed by atoms with E-state index in [0.29, 0.717) is 11.3 Å². The fraction of sp³-hybridized carbons (Fsp3) is 0.118. The molecule has 0 bridgehead atoms. The highest BCUT2D eigenvalue weighted by atomic mass is 15.1. The van der Waals surface area contributed by atoms with Crippen LogP contribution in [0.1, 0.15) is 18.5 Å². The second-order valence-corrected chi connectivity index (χ2v) is 5.31. The smallest absolute Gasteiger partial charge is 0.180 e. The monoisotopic (exact) mass is 289 g/mol. The first-order valence-electron chi connectivity index (χ1n) is 7.17. The summed E-state index contributed by atoms with van der Waals surface area (Å²) >= 11 is 0. The van der Waals surface area contributed by atoms with Crippen molar-refractivity contribution in [3.8, 4) is 0 Å². The van der Waals surface area contributed by atoms with E-state index in [0.717, 1.165) is 16.6 Å². The predicted octanol–water partition coefficient (Wildman–Crippen LogP) is 3.17. The molecule has 0 amide bonds. The van der Waals surface area contributed by atoms with E-state index >= 15 is 0 Å². The number of benzene rings is 1. The van der Waals surface area contributed by atoms with Gasteiger partial charge in [0.2, 0.25) is 0 Å². The zero-order valence-corrected chi connectivity index (χ0v) is 12.1. The van der Waals surface area contributed by atoms with Crippen molar-refractivity contribution in [3.05, 3.63) is 60.6 Å². The van der Waals surface area contributed by atoms with Gasteiger partial charge in [-0.3, -0.25) is 4.98 Å². The molecule has 0 spiro atoms. The van der Waals surface area contributed by atoms with Gasteiger partial charge in [-0.2, -0.15) is 0 Å². The summed E-state index contributed by atoms with van der Waals surface area (Å²) in [4.78, 5) is 13.3. The van der Waals surface area contributed by atoms with Crippen molar-refractivity contribution in [1.29, 1.82) is 0 Å². The van der Waals surface area contributed by atoms with Crippen LogP contribution in [0, 0.1) is 0 Å². The topological polar surface area (TPSA) is 69.6 Å². The molecule has 3 aromatic heterocycles. The molecule has 1 atom stereocenters. The van der Waals surface area contributed by atoms with Crippen molar-refractivity contribution >= 4 is 27.9 Å². The molecular formula is C17H15N5. The van der Waals surface area contributed by atoms with Gasteiger partial charge in [0.05, 0.1) is 23.6 Å². The standard InChI is InChI=1S/C17H15N5/c1-11(12-6-3-2-4-7-12)22-10-20-17-16(22)14(18)15-13(21-17)8-5-9-19-15/h2-11H,1H3,(H2,18,21)/t11-/m1/s1. The molecule has 22 heavy (non-hydrogen) atoms. The number of imidazole rings is 1. The minimum Gasteiger partial charge on any atom is -0.395 e. The lowest BCUT2D eigenvalue weighted by Gasteiger charge is -2.15. The van der Waals surface area contributed by atoms with Gasteiger partial charge in [-0.1, -0.05) is 30.3 Å². The third kappa shape index (κ3) is 1.83. The number of hydrogen-bond donors (Lipinski definition) is 1. The molecule has 3 heterocycles. The normalized spacial score (nSPS) is 12.8. The second kappa shape index (κ2) is 4.80. The Bertz CT molecular complexity index is 959. The lowest BCUT2D eigenvalue weighted by atomic mass is 10.1. The number of fused-ring (bicyclic) bond motifs is 2. The van der Waals surface area contributed by atoms with Crippen LogP contribution in [0.15, 0.2) is 55.0 Å². The van der Waals surface area contributed by atoms with Crippen LogP contribution in [0.25, 0.3) is 22.2 Å². The number of aromatic nitrogens is 4. The SMILES string of the molecule is C[C@H](c1ccccc1)n1cnc2nc3cccnc3c(N)c21. The van der Waals surface area contributed by atoms with E-state index in [1.807, 2.05) is 30.3 Å². The predicted molar refractivity (Wildman–Crippen MR) is 87.5 cm³/mol. The summed E-state index contributed by atoms with van der Waals surface area (Å²) in [7, 11) is 0. The first kappa shape index (κ1) is 12.8. The Balaban J connectivity index is 1.98. The minimum atomic E-state index is 0.122. The van der Waals surface area contributed by atoms with E-state index in [2.05, 4.69) is 38.6 Å². The van der Waals surface area contributed by atoms with Gasteiger partial charge in [0.15, 0.2) is 5.65 Å². The lowest BCUT2D eigenvalue weighted by Crippen LogP contribution is -2.07. The first-order chi connectivity index (χ1) is 10.8. The van der Waals surface area contributed by atoms with E-state index < -0.39 is 0 Å². The number of rotatable bonds is 2. The van der Waals surface area contributed by atoms with E-state index in [4.69, 9.17) is 5.73 Å². The first-order valence-corrected chi connectivity index (χ1v) is 7.17. The van der Waals surface area contributed by atoms with Crippen LogP contribution in [0.2, 0.25) is 0 Å². The van der Waals surface area contributed by atoms with Crippen molar-refractivity contribution in [1.82, 2.24) is 19.5 Å². The summed E-state index contributed by atoms with van der Waals surface area (Å²) in [5.41, 5.74) is 11.2. The summed E-state index contributed by atoms with van der Waals surface area (Å²) in [6.45, 7) is 2.12. The quantitative estimate of drug-likeness (QED) is 0.615. The number of nitrogens with zero attached hydrogens (tertiary/aromatic N) is 4. The molecule has 4 aromatic rings. The van der Waals surface area contributed by atoms with Gasteiger partial charge in [0, 0.05) is 6.20 Å². The van der Waals surface area contributed by atoms with Crippen molar-refractivity contribution in [2.24, 2.45) is 0 Å². The van der Waals surface area contributed by atoms with Gasteiger partial charge in [-0.25, -0.2) is 9.97 Å². The number of anilines is 1. The highest BCUT2D eigenvalue weighted by Gasteiger charge is 2.16. The molecule has 0 radical (unpaired) electrons. The average Bonchev–Trinajstić information content (AvgIpc) is 2.99. The Hall–Kier alpha value is -2.95. The Labute approximate surface area is 127 Å². The van der Waals surface area contributed by atoms with Crippen molar-refractivity contribution < 1.29 is 0 Å². The summed E-state index contributed by atoms with van der Waals surface area (Å²) in [5.74, 6) is 0. The maximum absolute atomic E-state index is 6.35. The van der Waals surface area contributed by atoms with Gasteiger partial charge in [0.1, 0.15) is 11.0 Å². The molecule has 1 aromatic carbocycles. The summed E-state index contributed by atoms with van der Waals surface area (Å²) in [6.07, 6.45) is 3.53. The van der Waals surface area contributed by atoms with Crippen molar-refractivity contribution in [2.75, 3.05) is 5.73 Å². The van der Waals surface area contributed by atoms with Gasteiger partial charge in [-0.15, -0.1) is 0 Å². The Morgan fingerprint density at radius 1 is 1.05 bits per heavy atom. The number of nitrogens with two attached hydrogens (primary N) is 1. The molecule has 0 fully saturated rings. The number of pyridine rings is 2. The van der Waals surface area contributed by atoms with E-state index in [1.54, 1.807) is 12.5 Å². The molecule has 0 unspecified atom stereocenters.